The standard InChI is InChI=1S/C9H9N3O3/c10-7(8(13)14)4-1-2-5-6(3-4)12-9(15)11-5/h1-3,7H,10H2,(H,13,14)(H2,11,12,15). The van der Waals surface area contributed by atoms with E-state index in [4.69, 9.17) is 10.8 Å². The van der Waals surface area contributed by atoms with Gasteiger partial charge in [0.2, 0.25) is 0 Å². The molecule has 0 saturated carbocycles. The maximum atomic E-state index is 10.9. The zero-order valence-electron chi connectivity index (χ0n) is 7.65. The Kier molecular flexibility index (Phi) is 2.05. The maximum Gasteiger partial charge on any atom is 0.325 e. The van der Waals surface area contributed by atoms with Crippen LogP contribution >= 0.6 is 0 Å². The number of imidazole rings is 1. The molecule has 1 unspecified atom stereocenters. The Labute approximate surface area is 83.7 Å². The molecule has 1 aromatic carbocycles. The summed E-state index contributed by atoms with van der Waals surface area (Å²) < 4.78 is 0. The fourth-order valence-corrected chi connectivity index (χ4v) is 1.39. The van der Waals surface area contributed by atoms with Gasteiger partial charge in [0.1, 0.15) is 6.04 Å². The summed E-state index contributed by atoms with van der Waals surface area (Å²) >= 11 is 0. The molecule has 5 N–H and O–H groups in total. The van der Waals surface area contributed by atoms with Gasteiger partial charge in [0.15, 0.2) is 0 Å². The van der Waals surface area contributed by atoms with Gasteiger partial charge in [-0.15, -0.1) is 0 Å². The second-order valence-corrected chi connectivity index (χ2v) is 3.20. The third kappa shape index (κ3) is 1.62. The molecule has 78 valence electrons. The van der Waals surface area contributed by atoms with Gasteiger partial charge in [0.25, 0.3) is 0 Å². The zero-order valence-corrected chi connectivity index (χ0v) is 7.65. The van der Waals surface area contributed by atoms with Crippen molar-refractivity contribution < 1.29 is 9.90 Å². The number of nitrogens with two attached hydrogens (primary N) is 1. The minimum Gasteiger partial charge on any atom is -0.480 e. The Hall–Kier alpha value is -2.08. The number of carbonyl (C=O) groups is 1. The summed E-state index contributed by atoms with van der Waals surface area (Å²) in [5.41, 5.74) is 6.73. The van der Waals surface area contributed by atoms with Crippen LogP contribution in [0.25, 0.3) is 11.0 Å². The van der Waals surface area contributed by atoms with Crippen LogP contribution in [-0.4, -0.2) is 21.0 Å². The molecule has 2 rings (SSSR count). The van der Waals surface area contributed by atoms with E-state index in [1.165, 1.54) is 0 Å². The lowest BCUT2D eigenvalue weighted by atomic mass is 10.1. The summed E-state index contributed by atoms with van der Waals surface area (Å²) in [5, 5.41) is 8.71. The van der Waals surface area contributed by atoms with Gasteiger partial charge in [-0.1, -0.05) is 6.07 Å². The molecular formula is C9H9N3O3. The number of carboxylic acids is 1. The Balaban J connectivity index is 2.55. The van der Waals surface area contributed by atoms with Crippen LogP contribution in [0.4, 0.5) is 0 Å². The summed E-state index contributed by atoms with van der Waals surface area (Å²) in [6.07, 6.45) is 0. The smallest absolute Gasteiger partial charge is 0.325 e. The van der Waals surface area contributed by atoms with Crippen LogP contribution < -0.4 is 11.4 Å². The summed E-state index contributed by atoms with van der Waals surface area (Å²) in [5.74, 6) is -1.10. The molecule has 0 aliphatic carbocycles. The third-order valence-electron chi connectivity index (χ3n) is 2.17. The number of benzene rings is 1. The zero-order chi connectivity index (χ0) is 11.0. The van der Waals surface area contributed by atoms with E-state index in [1.54, 1.807) is 18.2 Å². The average Bonchev–Trinajstić information content (AvgIpc) is 2.55. The minimum atomic E-state index is -1.10. The van der Waals surface area contributed by atoms with Crippen molar-refractivity contribution in [2.75, 3.05) is 0 Å². The molecule has 0 saturated heterocycles. The molecule has 1 heterocycles. The van der Waals surface area contributed by atoms with Gasteiger partial charge in [0, 0.05) is 0 Å². The first-order valence-corrected chi connectivity index (χ1v) is 4.28. The minimum absolute atomic E-state index is 0.328. The average molecular weight is 207 g/mol. The molecule has 1 atom stereocenters. The maximum absolute atomic E-state index is 10.9. The third-order valence-corrected chi connectivity index (χ3v) is 2.17. The van der Waals surface area contributed by atoms with Gasteiger partial charge < -0.3 is 20.8 Å². The molecule has 0 radical (unpaired) electrons. The van der Waals surface area contributed by atoms with Crippen molar-refractivity contribution in [3.63, 3.8) is 0 Å². The van der Waals surface area contributed by atoms with Gasteiger partial charge >= 0.3 is 11.7 Å². The molecule has 0 amide bonds. The molecule has 0 aliphatic rings. The number of nitrogens with one attached hydrogen (secondary N) is 2. The van der Waals surface area contributed by atoms with Crippen molar-refractivity contribution in [3.8, 4) is 0 Å². The van der Waals surface area contributed by atoms with Crippen molar-refractivity contribution in [1.82, 2.24) is 9.97 Å². The highest BCUT2D eigenvalue weighted by atomic mass is 16.4. The summed E-state index contributed by atoms with van der Waals surface area (Å²) in [7, 11) is 0. The highest BCUT2D eigenvalue weighted by Crippen LogP contribution is 2.15. The molecule has 0 fully saturated rings. The van der Waals surface area contributed by atoms with Crippen molar-refractivity contribution >= 4 is 17.0 Å². The first-order valence-electron chi connectivity index (χ1n) is 4.28. The fourth-order valence-electron chi connectivity index (χ4n) is 1.39. The lowest BCUT2D eigenvalue weighted by molar-refractivity contribution is -0.138. The summed E-state index contributed by atoms with van der Waals surface area (Å²) in [4.78, 5) is 26.7. The number of carboxylic acid groups (broad SMARTS) is 1. The van der Waals surface area contributed by atoms with Crippen LogP contribution in [0.3, 0.4) is 0 Å². The fraction of sp³-hybridized carbons (Fsp3) is 0.111. The second-order valence-electron chi connectivity index (χ2n) is 3.20. The van der Waals surface area contributed by atoms with Gasteiger partial charge in [0.05, 0.1) is 11.0 Å². The summed E-state index contributed by atoms with van der Waals surface area (Å²) in [6.45, 7) is 0. The van der Waals surface area contributed by atoms with Crippen LogP contribution in [0.2, 0.25) is 0 Å². The van der Waals surface area contributed by atoms with E-state index in [9.17, 15) is 9.59 Å². The van der Waals surface area contributed by atoms with E-state index in [1.807, 2.05) is 0 Å². The number of fused-ring (bicyclic) bond motifs is 1. The van der Waals surface area contributed by atoms with Gasteiger partial charge in [-0.25, -0.2) is 4.79 Å². The van der Waals surface area contributed by atoms with Gasteiger partial charge in [-0.3, -0.25) is 4.79 Å². The van der Waals surface area contributed by atoms with E-state index < -0.39 is 12.0 Å². The summed E-state index contributed by atoms with van der Waals surface area (Å²) in [6, 6.07) is 3.66. The van der Waals surface area contributed by atoms with E-state index in [-0.39, 0.29) is 5.69 Å². The van der Waals surface area contributed by atoms with Crippen molar-refractivity contribution in [2.24, 2.45) is 5.73 Å². The number of hydrogen-bond donors (Lipinski definition) is 4. The molecule has 6 heteroatoms. The molecule has 2 aromatic rings. The van der Waals surface area contributed by atoms with E-state index in [2.05, 4.69) is 9.97 Å². The number of aromatic amines is 2. The second kappa shape index (κ2) is 3.25. The highest BCUT2D eigenvalue weighted by Gasteiger charge is 2.14. The lowest BCUT2D eigenvalue weighted by Gasteiger charge is -2.05. The first-order chi connectivity index (χ1) is 7.08. The molecule has 1 aromatic heterocycles. The number of aliphatic carboxylic acids is 1. The topological polar surface area (TPSA) is 112 Å². The number of aromatic nitrogens is 2. The largest absolute Gasteiger partial charge is 0.480 e. The monoisotopic (exact) mass is 207 g/mol. The molecule has 6 nitrogen and oxygen atoms in total. The highest BCUT2D eigenvalue weighted by molar-refractivity contribution is 5.80. The predicted octanol–water partition coefficient (Wildman–Crippen LogP) is -0.0594. The lowest BCUT2D eigenvalue weighted by Crippen LogP contribution is -2.20. The number of H-pyrrole nitrogens is 2. The molecule has 0 aliphatic heterocycles. The quantitative estimate of drug-likeness (QED) is 0.552. The molecule has 0 spiro atoms. The normalized spacial score (nSPS) is 12.9. The predicted molar refractivity (Wildman–Crippen MR) is 53.5 cm³/mol. The Morgan fingerprint density at radius 2 is 2.00 bits per heavy atom. The molecular weight excluding hydrogens is 198 g/mol. The first kappa shape index (κ1) is 9.47. The Morgan fingerprint density at radius 3 is 2.67 bits per heavy atom. The molecule has 15 heavy (non-hydrogen) atoms. The Bertz CT molecular complexity index is 569. The van der Waals surface area contributed by atoms with Crippen LogP contribution in [0, 0.1) is 0 Å². The van der Waals surface area contributed by atoms with Crippen molar-refractivity contribution in [3.05, 3.63) is 34.2 Å². The SMILES string of the molecule is NC(C(=O)O)c1ccc2[nH]c(=O)[nH]c2c1. The van der Waals surface area contributed by atoms with Crippen LogP contribution in [-0.2, 0) is 4.79 Å². The van der Waals surface area contributed by atoms with Crippen LogP contribution in [0.1, 0.15) is 11.6 Å². The van der Waals surface area contributed by atoms with E-state index in [0.717, 1.165) is 0 Å². The number of hydrogen-bond acceptors (Lipinski definition) is 3. The molecule has 0 bridgehead atoms. The van der Waals surface area contributed by atoms with Crippen LogP contribution in [0.5, 0.6) is 0 Å². The van der Waals surface area contributed by atoms with Crippen molar-refractivity contribution in [2.45, 2.75) is 6.04 Å². The van der Waals surface area contributed by atoms with Crippen molar-refractivity contribution in [1.29, 1.82) is 0 Å². The van der Waals surface area contributed by atoms with E-state index >= 15 is 0 Å². The van der Waals surface area contributed by atoms with Gasteiger partial charge in [-0.05, 0) is 17.7 Å². The van der Waals surface area contributed by atoms with Crippen LogP contribution in [0.15, 0.2) is 23.0 Å². The Morgan fingerprint density at radius 1 is 1.33 bits per heavy atom. The van der Waals surface area contributed by atoms with Gasteiger partial charge in [-0.2, -0.15) is 0 Å². The number of rotatable bonds is 2. The van der Waals surface area contributed by atoms with E-state index in [0.29, 0.717) is 16.6 Å².